The highest BCUT2D eigenvalue weighted by molar-refractivity contribution is 5.70. The summed E-state index contributed by atoms with van der Waals surface area (Å²) >= 11 is 0. The van der Waals surface area contributed by atoms with E-state index < -0.39 is 0 Å². The van der Waals surface area contributed by atoms with Crippen LogP contribution in [0.25, 0.3) is 5.57 Å². The number of rotatable bonds is 2. The van der Waals surface area contributed by atoms with E-state index in [1.165, 1.54) is 29.5 Å². The lowest BCUT2D eigenvalue weighted by molar-refractivity contribution is 0.940. The lowest BCUT2D eigenvalue weighted by Gasteiger charge is -2.16. The molecular weight excluding hydrogens is 182 g/mol. The van der Waals surface area contributed by atoms with Crippen molar-refractivity contribution >= 4 is 5.57 Å². The molecule has 0 amide bonds. The van der Waals surface area contributed by atoms with Crippen LogP contribution in [0.2, 0.25) is 0 Å². The van der Waals surface area contributed by atoms with Gasteiger partial charge in [-0.25, -0.2) is 0 Å². The van der Waals surface area contributed by atoms with Crippen LogP contribution in [0.1, 0.15) is 37.8 Å². The molecule has 0 bridgehead atoms. The van der Waals surface area contributed by atoms with E-state index in [0.717, 1.165) is 13.0 Å². The number of benzene rings is 1. The molecule has 0 unspecified atom stereocenters. The van der Waals surface area contributed by atoms with Gasteiger partial charge in [0.1, 0.15) is 0 Å². The van der Waals surface area contributed by atoms with Gasteiger partial charge in [0.2, 0.25) is 0 Å². The fraction of sp³-hybridized carbons (Fsp3) is 0.429. The molecule has 1 aliphatic rings. The van der Waals surface area contributed by atoms with Crippen molar-refractivity contribution in [2.75, 3.05) is 6.54 Å². The maximum atomic E-state index is 5.58. The molecule has 0 saturated heterocycles. The van der Waals surface area contributed by atoms with Gasteiger partial charge in [-0.15, -0.1) is 0 Å². The average Bonchev–Trinajstić information content (AvgIpc) is 2.33. The molecular formula is C14H21N. The summed E-state index contributed by atoms with van der Waals surface area (Å²) in [5.74, 6) is 0. The van der Waals surface area contributed by atoms with Gasteiger partial charge < -0.3 is 5.73 Å². The second-order valence-corrected chi connectivity index (χ2v) is 3.46. The second kappa shape index (κ2) is 6.41. The van der Waals surface area contributed by atoms with Crippen LogP contribution >= 0.6 is 0 Å². The van der Waals surface area contributed by atoms with E-state index in [4.69, 9.17) is 5.73 Å². The van der Waals surface area contributed by atoms with Gasteiger partial charge in [-0.1, -0.05) is 44.2 Å². The lowest BCUT2D eigenvalue weighted by Crippen LogP contribution is -2.04. The van der Waals surface area contributed by atoms with E-state index >= 15 is 0 Å². The van der Waals surface area contributed by atoms with Crippen LogP contribution in [0, 0.1) is 0 Å². The third-order valence-electron chi connectivity index (χ3n) is 2.58. The van der Waals surface area contributed by atoms with Gasteiger partial charge in [0.05, 0.1) is 0 Å². The summed E-state index contributed by atoms with van der Waals surface area (Å²) in [6, 6.07) is 8.65. The van der Waals surface area contributed by atoms with E-state index in [-0.39, 0.29) is 0 Å². The molecule has 0 saturated carbocycles. The van der Waals surface area contributed by atoms with E-state index in [1.807, 2.05) is 13.8 Å². The topological polar surface area (TPSA) is 26.0 Å². The van der Waals surface area contributed by atoms with Crippen molar-refractivity contribution in [2.45, 2.75) is 33.1 Å². The van der Waals surface area contributed by atoms with Gasteiger partial charge in [0, 0.05) is 0 Å². The van der Waals surface area contributed by atoms with Crippen LogP contribution in [0.3, 0.4) is 0 Å². The third kappa shape index (κ3) is 2.93. The van der Waals surface area contributed by atoms with E-state index in [2.05, 4.69) is 30.3 Å². The van der Waals surface area contributed by atoms with Gasteiger partial charge in [-0.05, 0) is 42.5 Å². The minimum absolute atomic E-state index is 0.750. The predicted molar refractivity (Wildman–Crippen MR) is 67.8 cm³/mol. The first kappa shape index (κ1) is 12.0. The fourth-order valence-electron chi connectivity index (χ4n) is 1.96. The molecule has 0 aromatic heterocycles. The van der Waals surface area contributed by atoms with Crippen molar-refractivity contribution in [1.82, 2.24) is 0 Å². The first-order valence-corrected chi connectivity index (χ1v) is 5.89. The summed E-state index contributed by atoms with van der Waals surface area (Å²) in [6.07, 6.45) is 5.70. The largest absolute Gasteiger partial charge is 0.330 e. The standard InChI is InChI=1S/C12H15N.C2H6/c13-9-8-11-6-3-5-10-4-1-2-7-12(10)11;1-2/h1-2,4,6-7H,3,5,8-9,13H2;1-2H3. The Kier molecular flexibility index (Phi) is 5.13. The molecule has 82 valence electrons. The van der Waals surface area contributed by atoms with Gasteiger partial charge in [-0.2, -0.15) is 0 Å². The van der Waals surface area contributed by atoms with Crippen molar-refractivity contribution in [3.05, 3.63) is 41.5 Å². The Labute approximate surface area is 93.0 Å². The molecule has 2 N–H and O–H groups in total. The van der Waals surface area contributed by atoms with Crippen LogP contribution in [-0.4, -0.2) is 6.54 Å². The van der Waals surface area contributed by atoms with Gasteiger partial charge in [0.25, 0.3) is 0 Å². The highest BCUT2D eigenvalue weighted by atomic mass is 14.5. The summed E-state index contributed by atoms with van der Waals surface area (Å²) in [5.41, 5.74) is 9.91. The molecule has 2 rings (SSSR count). The SMILES string of the molecule is CC.NCCC1=CCCc2ccccc21. The highest BCUT2D eigenvalue weighted by Crippen LogP contribution is 2.27. The van der Waals surface area contributed by atoms with Crippen LogP contribution in [-0.2, 0) is 6.42 Å². The van der Waals surface area contributed by atoms with Crippen molar-refractivity contribution in [2.24, 2.45) is 5.73 Å². The normalized spacial score (nSPS) is 13.4. The van der Waals surface area contributed by atoms with E-state index in [9.17, 15) is 0 Å². The lowest BCUT2D eigenvalue weighted by atomic mass is 9.89. The minimum atomic E-state index is 0.750. The molecule has 1 nitrogen and oxygen atoms in total. The summed E-state index contributed by atoms with van der Waals surface area (Å²) in [7, 11) is 0. The van der Waals surface area contributed by atoms with Crippen LogP contribution < -0.4 is 5.73 Å². The highest BCUT2D eigenvalue weighted by Gasteiger charge is 2.10. The van der Waals surface area contributed by atoms with Crippen LogP contribution in [0.5, 0.6) is 0 Å². The Morgan fingerprint density at radius 2 is 1.93 bits per heavy atom. The molecule has 1 heteroatoms. The smallest absolute Gasteiger partial charge is 0.00366 e. The number of hydrogen-bond donors (Lipinski definition) is 1. The summed E-state index contributed by atoms with van der Waals surface area (Å²) in [4.78, 5) is 0. The Morgan fingerprint density at radius 3 is 2.67 bits per heavy atom. The summed E-state index contributed by atoms with van der Waals surface area (Å²) < 4.78 is 0. The van der Waals surface area contributed by atoms with E-state index in [0.29, 0.717) is 0 Å². The molecule has 0 fully saturated rings. The molecule has 0 radical (unpaired) electrons. The maximum absolute atomic E-state index is 5.58. The van der Waals surface area contributed by atoms with Gasteiger partial charge >= 0.3 is 0 Å². The predicted octanol–water partition coefficient (Wildman–Crippen LogP) is 3.39. The Morgan fingerprint density at radius 1 is 1.20 bits per heavy atom. The number of hydrogen-bond acceptors (Lipinski definition) is 1. The molecule has 0 heterocycles. The monoisotopic (exact) mass is 203 g/mol. The molecule has 1 aliphatic carbocycles. The number of nitrogens with two attached hydrogens (primary N) is 1. The van der Waals surface area contributed by atoms with Crippen molar-refractivity contribution in [1.29, 1.82) is 0 Å². The molecule has 15 heavy (non-hydrogen) atoms. The quantitative estimate of drug-likeness (QED) is 0.783. The third-order valence-corrected chi connectivity index (χ3v) is 2.58. The first-order valence-electron chi connectivity index (χ1n) is 5.89. The first-order chi connectivity index (χ1) is 7.42. The van der Waals surface area contributed by atoms with Gasteiger partial charge in [-0.3, -0.25) is 0 Å². The van der Waals surface area contributed by atoms with Crippen LogP contribution in [0.15, 0.2) is 30.3 Å². The molecule has 1 aromatic carbocycles. The minimum Gasteiger partial charge on any atom is -0.330 e. The Hall–Kier alpha value is -1.08. The van der Waals surface area contributed by atoms with Crippen molar-refractivity contribution < 1.29 is 0 Å². The maximum Gasteiger partial charge on any atom is -0.00366 e. The summed E-state index contributed by atoms with van der Waals surface area (Å²) in [5, 5.41) is 0. The van der Waals surface area contributed by atoms with Crippen LogP contribution in [0.4, 0.5) is 0 Å². The molecule has 0 spiro atoms. The molecule has 0 aliphatic heterocycles. The van der Waals surface area contributed by atoms with Gasteiger partial charge in [0.15, 0.2) is 0 Å². The number of aryl methyl sites for hydroxylation is 1. The zero-order valence-electron chi connectivity index (χ0n) is 9.79. The zero-order valence-corrected chi connectivity index (χ0v) is 9.79. The fourth-order valence-corrected chi connectivity index (χ4v) is 1.96. The number of fused-ring (bicyclic) bond motifs is 1. The number of allylic oxidation sites excluding steroid dienone is 1. The second-order valence-electron chi connectivity index (χ2n) is 3.46. The van der Waals surface area contributed by atoms with Crippen molar-refractivity contribution in [3.63, 3.8) is 0 Å². The zero-order chi connectivity index (χ0) is 11.1. The summed E-state index contributed by atoms with van der Waals surface area (Å²) in [6.45, 7) is 4.75. The Bertz CT molecular complexity index is 326. The average molecular weight is 203 g/mol. The van der Waals surface area contributed by atoms with E-state index in [1.54, 1.807) is 0 Å². The molecule has 1 aromatic rings. The van der Waals surface area contributed by atoms with Crippen molar-refractivity contribution in [3.8, 4) is 0 Å². The Balaban J connectivity index is 0.000000531. The molecule has 0 atom stereocenters.